The Balaban J connectivity index is 1.58. The maximum absolute atomic E-state index is 12.5. The molecule has 29 heavy (non-hydrogen) atoms. The lowest BCUT2D eigenvalue weighted by molar-refractivity contribution is -0.102. The van der Waals surface area contributed by atoms with Gasteiger partial charge in [-0.3, -0.25) is 4.57 Å². The first kappa shape index (κ1) is 19.6. The van der Waals surface area contributed by atoms with E-state index < -0.39 is 0 Å². The maximum Gasteiger partial charge on any atom is 0.351 e. The Bertz CT molecular complexity index is 998. The number of methoxy groups -OCH3 is 1. The zero-order valence-electron chi connectivity index (χ0n) is 16.6. The number of aromatic nitrogens is 2. The van der Waals surface area contributed by atoms with Crippen molar-refractivity contribution in [1.82, 2.24) is 9.55 Å². The van der Waals surface area contributed by atoms with E-state index in [0.29, 0.717) is 38.9 Å². The summed E-state index contributed by atoms with van der Waals surface area (Å²) in [6.45, 7) is 4.43. The zero-order valence-corrected chi connectivity index (χ0v) is 16.6. The minimum Gasteiger partial charge on any atom is -0.475 e. The van der Waals surface area contributed by atoms with Crippen LogP contribution in [0.2, 0.25) is 0 Å². The molecule has 0 radical (unpaired) electrons. The smallest absolute Gasteiger partial charge is 0.351 e. The standard InChI is InChI=1S/C22H24N2O5/c1-15(26-2)3-4-16-5-6-19-17(11-16)7-8-24-20(19)12-21(23-22(24)25)29-14-18-13-27-9-10-28-18/h5-6,11-12,15,18H,7-10,13-14H2,1-2H3. The first-order valence-electron chi connectivity index (χ1n) is 9.75. The number of benzene rings is 1. The topological polar surface area (TPSA) is 71.8 Å². The quantitative estimate of drug-likeness (QED) is 0.732. The molecule has 0 aliphatic carbocycles. The highest BCUT2D eigenvalue weighted by atomic mass is 16.6. The largest absolute Gasteiger partial charge is 0.475 e. The first-order chi connectivity index (χ1) is 14.1. The fourth-order valence-corrected chi connectivity index (χ4v) is 3.41. The lowest BCUT2D eigenvalue weighted by Gasteiger charge is -2.24. The van der Waals surface area contributed by atoms with Gasteiger partial charge in [0, 0.05) is 30.8 Å². The Morgan fingerprint density at radius 1 is 1.34 bits per heavy atom. The van der Waals surface area contributed by atoms with Gasteiger partial charge < -0.3 is 18.9 Å². The molecule has 1 fully saturated rings. The van der Waals surface area contributed by atoms with Crippen LogP contribution in [0.5, 0.6) is 5.88 Å². The predicted molar refractivity (Wildman–Crippen MR) is 107 cm³/mol. The molecule has 2 aliphatic heterocycles. The van der Waals surface area contributed by atoms with Gasteiger partial charge in [0.05, 0.1) is 25.5 Å². The van der Waals surface area contributed by atoms with Crippen LogP contribution < -0.4 is 10.4 Å². The van der Waals surface area contributed by atoms with Crippen molar-refractivity contribution in [3.8, 4) is 29.0 Å². The Morgan fingerprint density at radius 3 is 3.03 bits per heavy atom. The van der Waals surface area contributed by atoms with E-state index in [1.165, 1.54) is 0 Å². The molecule has 2 atom stereocenters. The third-order valence-corrected chi connectivity index (χ3v) is 5.05. The van der Waals surface area contributed by atoms with Gasteiger partial charge in [-0.15, -0.1) is 0 Å². The fourth-order valence-electron chi connectivity index (χ4n) is 3.41. The summed E-state index contributed by atoms with van der Waals surface area (Å²) >= 11 is 0. The van der Waals surface area contributed by atoms with Gasteiger partial charge in [0.15, 0.2) is 0 Å². The predicted octanol–water partition coefficient (Wildman–Crippen LogP) is 1.65. The first-order valence-corrected chi connectivity index (χ1v) is 9.75. The fraction of sp³-hybridized carbons (Fsp3) is 0.455. The van der Waals surface area contributed by atoms with Crippen molar-refractivity contribution in [3.63, 3.8) is 0 Å². The van der Waals surface area contributed by atoms with Crippen LogP contribution >= 0.6 is 0 Å². The van der Waals surface area contributed by atoms with Gasteiger partial charge >= 0.3 is 5.69 Å². The van der Waals surface area contributed by atoms with E-state index in [1.54, 1.807) is 11.7 Å². The maximum atomic E-state index is 12.5. The molecule has 2 unspecified atom stereocenters. The molecule has 4 rings (SSSR count). The van der Waals surface area contributed by atoms with Crippen molar-refractivity contribution in [2.75, 3.05) is 33.5 Å². The van der Waals surface area contributed by atoms with Crippen LogP contribution in [-0.2, 0) is 27.2 Å². The number of hydrogen-bond acceptors (Lipinski definition) is 6. The summed E-state index contributed by atoms with van der Waals surface area (Å²) in [5.41, 5.74) is 3.60. The third kappa shape index (κ3) is 4.51. The lowest BCUT2D eigenvalue weighted by Crippen LogP contribution is -2.34. The van der Waals surface area contributed by atoms with Crippen LogP contribution in [0.4, 0.5) is 0 Å². The van der Waals surface area contributed by atoms with Gasteiger partial charge in [-0.2, -0.15) is 4.98 Å². The average Bonchev–Trinajstić information content (AvgIpc) is 2.76. The van der Waals surface area contributed by atoms with E-state index in [2.05, 4.69) is 22.9 Å². The molecule has 1 aromatic heterocycles. The molecule has 2 aromatic rings. The summed E-state index contributed by atoms with van der Waals surface area (Å²) in [5, 5.41) is 0. The Labute approximate surface area is 169 Å². The summed E-state index contributed by atoms with van der Waals surface area (Å²) < 4.78 is 23.6. The van der Waals surface area contributed by atoms with E-state index in [0.717, 1.165) is 28.8 Å². The van der Waals surface area contributed by atoms with Gasteiger partial charge in [0.2, 0.25) is 5.88 Å². The van der Waals surface area contributed by atoms with Crippen LogP contribution in [0.15, 0.2) is 29.1 Å². The molecule has 1 aromatic carbocycles. The van der Waals surface area contributed by atoms with Gasteiger partial charge in [0.25, 0.3) is 0 Å². The van der Waals surface area contributed by atoms with Crippen molar-refractivity contribution >= 4 is 0 Å². The summed E-state index contributed by atoms with van der Waals surface area (Å²) in [5.74, 6) is 6.51. The van der Waals surface area contributed by atoms with Crippen LogP contribution in [-0.4, -0.2) is 55.3 Å². The Morgan fingerprint density at radius 2 is 2.24 bits per heavy atom. The molecule has 7 heteroatoms. The van der Waals surface area contributed by atoms with Gasteiger partial charge in [-0.05, 0) is 31.0 Å². The van der Waals surface area contributed by atoms with Crippen molar-refractivity contribution in [3.05, 3.63) is 45.9 Å². The summed E-state index contributed by atoms with van der Waals surface area (Å²) in [7, 11) is 1.64. The number of nitrogens with zero attached hydrogens (tertiary/aromatic N) is 2. The summed E-state index contributed by atoms with van der Waals surface area (Å²) in [6.07, 6.45) is 0.495. The molecule has 0 saturated carbocycles. The Hall–Kier alpha value is -2.66. The molecule has 1 saturated heterocycles. The van der Waals surface area contributed by atoms with Crippen molar-refractivity contribution < 1.29 is 18.9 Å². The molecule has 152 valence electrons. The second-order valence-electron chi connectivity index (χ2n) is 7.06. The molecule has 2 aliphatic rings. The Kier molecular flexibility index (Phi) is 5.95. The SMILES string of the molecule is COC(C)C#Cc1ccc2c(c1)CCn1c-2cc(OCC2COCCO2)nc1=O. The highest BCUT2D eigenvalue weighted by molar-refractivity contribution is 5.67. The number of ether oxygens (including phenoxy) is 4. The number of rotatable bonds is 4. The van der Waals surface area contributed by atoms with E-state index >= 15 is 0 Å². The van der Waals surface area contributed by atoms with Crippen molar-refractivity contribution in [2.24, 2.45) is 0 Å². The molecule has 3 heterocycles. The molecular weight excluding hydrogens is 372 g/mol. The van der Waals surface area contributed by atoms with E-state index in [1.807, 2.05) is 25.1 Å². The minimum atomic E-state index is -0.304. The van der Waals surface area contributed by atoms with Crippen molar-refractivity contribution in [1.29, 1.82) is 0 Å². The van der Waals surface area contributed by atoms with Crippen LogP contribution in [0, 0.1) is 11.8 Å². The number of aryl methyl sites for hydroxylation is 1. The highest BCUT2D eigenvalue weighted by Crippen LogP contribution is 2.30. The number of fused-ring (bicyclic) bond motifs is 3. The van der Waals surface area contributed by atoms with Crippen LogP contribution in [0.25, 0.3) is 11.3 Å². The molecular formula is C22H24N2O5. The molecule has 7 nitrogen and oxygen atoms in total. The summed E-state index contributed by atoms with van der Waals surface area (Å²) in [4.78, 5) is 16.6. The average molecular weight is 396 g/mol. The normalized spacial score (nSPS) is 18.8. The summed E-state index contributed by atoms with van der Waals surface area (Å²) in [6, 6.07) is 7.86. The second kappa shape index (κ2) is 8.78. The lowest BCUT2D eigenvalue weighted by atomic mass is 9.95. The molecule has 0 spiro atoms. The van der Waals surface area contributed by atoms with Crippen molar-refractivity contribution in [2.45, 2.75) is 32.1 Å². The van der Waals surface area contributed by atoms with E-state index in [9.17, 15) is 4.79 Å². The van der Waals surface area contributed by atoms with Crippen LogP contribution in [0.3, 0.4) is 0 Å². The molecule has 0 bridgehead atoms. The van der Waals surface area contributed by atoms with Gasteiger partial charge in [-0.25, -0.2) is 4.79 Å². The minimum absolute atomic E-state index is 0.116. The molecule has 0 amide bonds. The van der Waals surface area contributed by atoms with E-state index in [-0.39, 0.29) is 17.9 Å². The second-order valence-corrected chi connectivity index (χ2v) is 7.06. The monoisotopic (exact) mass is 396 g/mol. The highest BCUT2D eigenvalue weighted by Gasteiger charge is 2.20. The van der Waals surface area contributed by atoms with Gasteiger partial charge in [-0.1, -0.05) is 17.9 Å². The van der Waals surface area contributed by atoms with Crippen LogP contribution in [0.1, 0.15) is 18.1 Å². The van der Waals surface area contributed by atoms with E-state index in [4.69, 9.17) is 18.9 Å². The van der Waals surface area contributed by atoms with Gasteiger partial charge in [0.1, 0.15) is 18.8 Å². The zero-order chi connectivity index (χ0) is 20.2. The third-order valence-electron chi connectivity index (χ3n) is 5.05. The number of hydrogen-bond donors (Lipinski definition) is 0. The molecule has 0 N–H and O–H groups in total.